The Morgan fingerprint density at radius 3 is 2.38 bits per heavy atom. The Labute approximate surface area is 136 Å². The zero-order valence-corrected chi connectivity index (χ0v) is 12.8. The van der Waals surface area contributed by atoms with Crippen LogP contribution in [0.5, 0.6) is 5.75 Å². The first-order valence-electron chi connectivity index (χ1n) is 7.16. The van der Waals surface area contributed by atoms with Gasteiger partial charge in [-0.15, -0.1) is 0 Å². The van der Waals surface area contributed by atoms with Crippen molar-refractivity contribution in [1.82, 2.24) is 4.90 Å². The van der Waals surface area contributed by atoms with Crippen molar-refractivity contribution in [2.45, 2.75) is 6.18 Å². The van der Waals surface area contributed by atoms with Crippen LogP contribution in [0.4, 0.5) is 18.9 Å². The largest absolute Gasteiger partial charge is 0.497 e. The molecule has 2 N–H and O–H groups in total. The van der Waals surface area contributed by atoms with E-state index in [1.54, 1.807) is 24.3 Å². The molecule has 2 atom stereocenters. The highest BCUT2D eigenvalue weighted by molar-refractivity contribution is 5.92. The Morgan fingerprint density at radius 2 is 1.92 bits per heavy atom. The number of likely N-dealkylation sites (tertiary alicyclic amines) is 1. The minimum absolute atomic E-state index is 0.303. The molecule has 24 heavy (non-hydrogen) atoms. The fourth-order valence-corrected chi connectivity index (χ4v) is 2.67. The Kier molecular flexibility index (Phi) is 5.33. The number of amides is 1. The molecule has 0 unspecified atom stereocenters. The average Bonchev–Trinajstić information content (AvgIpc) is 2.92. The summed E-state index contributed by atoms with van der Waals surface area (Å²) in [5.41, 5.74) is 0.474. The first-order valence-corrected chi connectivity index (χ1v) is 7.16. The number of nitrogens with one attached hydrogen (secondary N) is 1. The molecule has 1 amide bonds. The summed E-state index contributed by atoms with van der Waals surface area (Å²) in [5.74, 6) is -4.94. The number of hydrogen-bond acceptors (Lipinski definition) is 4. The molecule has 2 rings (SSSR count). The van der Waals surface area contributed by atoms with Gasteiger partial charge in [0, 0.05) is 18.8 Å². The van der Waals surface area contributed by atoms with Crippen molar-refractivity contribution in [2.75, 3.05) is 32.1 Å². The van der Waals surface area contributed by atoms with Crippen molar-refractivity contribution in [1.29, 1.82) is 0 Å². The topological polar surface area (TPSA) is 78.9 Å². The molecule has 6 nitrogen and oxygen atoms in total. The standard InChI is InChI=1S/C15H17F3N2O4/c1-24-10-4-2-9(3-5-10)19-13(21)8-20-6-11(14(22)23)12(7-20)15(16,17)18/h2-5,11-12H,6-8H2,1H3,(H,19,21)(H,22,23)/t11-,12-/m1/s1. The van der Waals surface area contributed by atoms with E-state index < -0.39 is 36.4 Å². The molecule has 1 saturated heterocycles. The number of alkyl halides is 3. The second kappa shape index (κ2) is 7.08. The molecule has 0 bridgehead atoms. The minimum atomic E-state index is -4.61. The molecular formula is C15H17F3N2O4. The predicted octanol–water partition coefficient (Wildman–Crippen LogP) is 1.83. The van der Waals surface area contributed by atoms with Crippen LogP contribution >= 0.6 is 0 Å². The zero-order valence-electron chi connectivity index (χ0n) is 12.8. The number of nitrogens with zero attached hydrogens (tertiary/aromatic N) is 1. The van der Waals surface area contributed by atoms with E-state index in [1.165, 1.54) is 12.0 Å². The number of benzene rings is 1. The van der Waals surface area contributed by atoms with E-state index in [2.05, 4.69) is 5.32 Å². The molecule has 0 radical (unpaired) electrons. The quantitative estimate of drug-likeness (QED) is 0.850. The maximum Gasteiger partial charge on any atom is 0.393 e. The molecule has 1 heterocycles. The van der Waals surface area contributed by atoms with Crippen molar-refractivity contribution >= 4 is 17.6 Å². The smallest absolute Gasteiger partial charge is 0.393 e. The first kappa shape index (κ1) is 18.1. The number of carboxylic acids is 1. The molecule has 1 aromatic rings. The Bertz CT molecular complexity index is 604. The van der Waals surface area contributed by atoms with Crippen molar-refractivity contribution in [2.24, 2.45) is 11.8 Å². The summed E-state index contributed by atoms with van der Waals surface area (Å²) in [7, 11) is 1.50. The molecule has 1 aromatic carbocycles. The molecule has 1 aliphatic heterocycles. The molecule has 1 aliphatic rings. The normalized spacial score (nSPS) is 21.5. The third kappa shape index (κ3) is 4.38. The van der Waals surface area contributed by atoms with Crippen LogP contribution in [-0.2, 0) is 9.59 Å². The summed E-state index contributed by atoms with van der Waals surface area (Å²) in [6, 6.07) is 6.45. The molecular weight excluding hydrogens is 329 g/mol. The monoisotopic (exact) mass is 346 g/mol. The Hall–Kier alpha value is -2.29. The van der Waals surface area contributed by atoms with E-state index in [0.29, 0.717) is 11.4 Å². The summed E-state index contributed by atoms with van der Waals surface area (Å²) >= 11 is 0. The number of methoxy groups -OCH3 is 1. The van der Waals surface area contributed by atoms with Crippen molar-refractivity contribution in [3.8, 4) is 5.75 Å². The van der Waals surface area contributed by atoms with Crippen LogP contribution in [0.1, 0.15) is 0 Å². The number of anilines is 1. The average molecular weight is 346 g/mol. The minimum Gasteiger partial charge on any atom is -0.497 e. The van der Waals surface area contributed by atoms with Gasteiger partial charge in [0.15, 0.2) is 0 Å². The van der Waals surface area contributed by atoms with Crippen LogP contribution in [0.2, 0.25) is 0 Å². The highest BCUT2D eigenvalue weighted by Gasteiger charge is 2.52. The summed E-state index contributed by atoms with van der Waals surface area (Å²) in [4.78, 5) is 24.1. The van der Waals surface area contributed by atoms with Crippen molar-refractivity contribution in [3.63, 3.8) is 0 Å². The number of aliphatic carboxylic acids is 1. The van der Waals surface area contributed by atoms with Gasteiger partial charge in [0.2, 0.25) is 5.91 Å². The second-order valence-corrected chi connectivity index (χ2v) is 5.56. The molecule has 0 aliphatic carbocycles. The number of carbonyl (C=O) groups is 2. The van der Waals surface area contributed by atoms with Gasteiger partial charge in [-0.2, -0.15) is 13.2 Å². The van der Waals surface area contributed by atoms with Gasteiger partial charge >= 0.3 is 12.1 Å². The van der Waals surface area contributed by atoms with Crippen LogP contribution < -0.4 is 10.1 Å². The number of ether oxygens (including phenoxy) is 1. The first-order chi connectivity index (χ1) is 11.2. The van der Waals surface area contributed by atoms with Gasteiger partial charge in [-0.05, 0) is 24.3 Å². The van der Waals surface area contributed by atoms with E-state index in [-0.39, 0.29) is 13.1 Å². The molecule has 1 fully saturated rings. The van der Waals surface area contributed by atoms with Gasteiger partial charge in [-0.3, -0.25) is 14.5 Å². The zero-order chi connectivity index (χ0) is 17.9. The van der Waals surface area contributed by atoms with E-state index in [4.69, 9.17) is 9.84 Å². The van der Waals surface area contributed by atoms with E-state index in [0.717, 1.165) is 0 Å². The maximum atomic E-state index is 12.9. The van der Waals surface area contributed by atoms with Gasteiger partial charge < -0.3 is 15.2 Å². The number of hydrogen-bond donors (Lipinski definition) is 2. The van der Waals surface area contributed by atoms with Crippen molar-refractivity contribution < 1.29 is 32.6 Å². The maximum absolute atomic E-state index is 12.9. The fraction of sp³-hybridized carbons (Fsp3) is 0.467. The SMILES string of the molecule is COc1ccc(NC(=O)CN2C[C@@H](C(F)(F)F)[C@H](C(=O)O)C2)cc1. The number of rotatable bonds is 5. The number of carbonyl (C=O) groups excluding carboxylic acids is 1. The van der Waals surface area contributed by atoms with Gasteiger partial charge in [-0.25, -0.2) is 0 Å². The lowest BCUT2D eigenvalue weighted by Gasteiger charge is -2.18. The lowest BCUT2D eigenvalue weighted by molar-refractivity contribution is -0.188. The fourth-order valence-electron chi connectivity index (χ4n) is 2.67. The van der Waals surface area contributed by atoms with E-state index >= 15 is 0 Å². The lowest BCUT2D eigenvalue weighted by Crippen LogP contribution is -2.34. The van der Waals surface area contributed by atoms with Gasteiger partial charge in [-0.1, -0.05) is 0 Å². The van der Waals surface area contributed by atoms with Crippen LogP contribution in [0.15, 0.2) is 24.3 Å². The van der Waals surface area contributed by atoms with Gasteiger partial charge in [0.05, 0.1) is 25.5 Å². The van der Waals surface area contributed by atoms with E-state index in [1.807, 2.05) is 0 Å². The van der Waals surface area contributed by atoms with Crippen LogP contribution in [0, 0.1) is 11.8 Å². The lowest BCUT2D eigenvalue weighted by atomic mass is 9.96. The molecule has 132 valence electrons. The molecule has 0 spiro atoms. The van der Waals surface area contributed by atoms with Crippen LogP contribution in [-0.4, -0.2) is 54.8 Å². The third-order valence-corrected chi connectivity index (χ3v) is 3.87. The van der Waals surface area contributed by atoms with Crippen molar-refractivity contribution in [3.05, 3.63) is 24.3 Å². The van der Waals surface area contributed by atoms with Gasteiger partial charge in [0.25, 0.3) is 0 Å². The summed E-state index contributed by atoms with van der Waals surface area (Å²) in [6.07, 6.45) is -4.61. The van der Waals surface area contributed by atoms with E-state index in [9.17, 15) is 22.8 Å². The van der Waals surface area contributed by atoms with Crippen LogP contribution in [0.3, 0.4) is 0 Å². The molecule has 0 aromatic heterocycles. The Balaban J connectivity index is 1.95. The molecule has 9 heteroatoms. The van der Waals surface area contributed by atoms with Crippen LogP contribution in [0.25, 0.3) is 0 Å². The predicted molar refractivity (Wildman–Crippen MR) is 78.7 cm³/mol. The third-order valence-electron chi connectivity index (χ3n) is 3.87. The summed E-state index contributed by atoms with van der Waals surface area (Å²) < 4.78 is 43.7. The number of carboxylic acid groups (broad SMARTS) is 1. The summed E-state index contributed by atoms with van der Waals surface area (Å²) in [6.45, 7) is -1.12. The van der Waals surface area contributed by atoms with Gasteiger partial charge in [0.1, 0.15) is 5.75 Å². The highest BCUT2D eigenvalue weighted by atomic mass is 19.4. The summed E-state index contributed by atoms with van der Waals surface area (Å²) in [5, 5.41) is 11.5. The Morgan fingerprint density at radius 1 is 1.29 bits per heavy atom. The molecule has 0 saturated carbocycles. The number of halogens is 3. The second-order valence-electron chi connectivity index (χ2n) is 5.56. The highest BCUT2D eigenvalue weighted by Crippen LogP contribution is 2.37.